The van der Waals surface area contributed by atoms with Crippen LogP contribution in [0, 0.1) is 29.1 Å². The molecular weight excluding hydrogens is 1050 g/mol. The summed E-state index contributed by atoms with van der Waals surface area (Å²) in [5.74, 6) is -15.6. The van der Waals surface area contributed by atoms with E-state index >= 15 is 0 Å². The Morgan fingerprint density at radius 2 is 1.35 bits per heavy atom. The molecule has 0 saturated carbocycles. The lowest BCUT2D eigenvalue weighted by Crippen LogP contribution is -2.63. The fourth-order valence-corrected chi connectivity index (χ4v) is 7.52. The molecule has 434 valence electrons. The molecule has 78 heavy (non-hydrogen) atoms. The van der Waals surface area contributed by atoms with Crippen molar-refractivity contribution in [3.8, 4) is 17.0 Å². The van der Waals surface area contributed by atoms with E-state index in [4.69, 9.17) is 37.9 Å². The number of aliphatic hydroxyl groups excluding tert-OH is 4. The fraction of sp³-hybridized carbons (Fsp3) is 0.612. The summed E-state index contributed by atoms with van der Waals surface area (Å²) in [4.78, 5) is 36.8. The number of carbonyl (C=O) groups is 3. The van der Waals surface area contributed by atoms with E-state index in [1.807, 2.05) is 6.20 Å². The Morgan fingerprint density at radius 3 is 2.03 bits per heavy atom. The molecule has 0 unspecified atom stereocenters. The molecule has 6 N–H and O–H groups in total. The predicted molar refractivity (Wildman–Crippen MR) is 258 cm³/mol. The Labute approximate surface area is 445 Å². The van der Waals surface area contributed by atoms with Gasteiger partial charge < -0.3 is 73.7 Å². The molecule has 0 radical (unpaired) electrons. The van der Waals surface area contributed by atoms with E-state index in [-0.39, 0.29) is 72.2 Å². The number of unbranched alkanes of at least 4 members (excludes halogenated alkanes) is 3. The summed E-state index contributed by atoms with van der Waals surface area (Å²) in [5, 5.41) is 64.0. The Bertz CT molecular complexity index is 2400. The lowest BCUT2D eigenvalue weighted by molar-refractivity contribution is -0.252. The monoisotopic (exact) mass is 1120 g/mol. The molecule has 3 heterocycles. The molecule has 1 saturated heterocycles. The van der Waals surface area contributed by atoms with Crippen molar-refractivity contribution in [1.82, 2.24) is 40.6 Å². The van der Waals surface area contributed by atoms with Crippen LogP contribution in [0.1, 0.15) is 49.8 Å². The number of hydrogen-bond donors (Lipinski definition) is 6. The number of aliphatic hydroxyl groups is 4. The minimum Gasteiger partial charge on any atom is -0.420 e. The molecular formula is C49H67F5N8O16. The molecule has 5 rings (SSSR count). The number of benzene rings is 2. The van der Waals surface area contributed by atoms with Gasteiger partial charge in [-0.2, -0.15) is 8.78 Å². The first kappa shape index (κ1) is 63.1. The zero-order valence-electron chi connectivity index (χ0n) is 43.0. The number of aryl methyl sites for hydroxylation is 1. The average molecular weight is 1120 g/mol. The number of carbonyl (C=O) groups excluding carboxylic acids is 3. The third-order valence-electron chi connectivity index (χ3n) is 11.6. The van der Waals surface area contributed by atoms with Crippen molar-refractivity contribution < 1.29 is 99.4 Å². The maximum atomic E-state index is 13.7. The summed E-state index contributed by atoms with van der Waals surface area (Å²) >= 11 is 0. The van der Waals surface area contributed by atoms with Gasteiger partial charge in [0.25, 0.3) is 0 Å². The summed E-state index contributed by atoms with van der Waals surface area (Å²) in [6.45, 7) is 2.60. The van der Waals surface area contributed by atoms with Crippen LogP contribution >= 0.6 is 0 Å². The third-order valence-corrected chi connectivity index (χ3v) is 11.6. The van der Waals surface area contributed by atoms with Crippen LogP contribution in [0.15, 0.2) is 36.7 Å². The van der Waals surface area contributed by atoms with Crippen molar-refractivity contribution in [3.63, 3.8) is 0 Å². The highest BCUT2D eigenvalue weighted by Crippen LogP contribution is 2.30. The first-order chi connectivity index (χ1) is 37.7. The molecule has 2 amide bonds. The molecule has 0 spiro atoms. The number of amides is 2. The SMILES string of the molecule is COCCOCc1cn(CCCCCCO[C@H]2C[C@H](O)[C@@H](NC(=O)CO)[C@H]([C@H](O)[C@H](O)CNC(=O)Cc3ccc(-c4cn(CCOCCOCCOCCOCCC(=O)Oc5c(F)c(F)c(F)c(F)c5F)nn4)cc3)O2)nn1. The van der Waals surface area contributed by atoms with Gasteiger partial charge in [0, 0.05) is 38.8 Å². The largest absolute Gasteiger partial charge is 0.420 e. The normalized spacial score (nSPS) is 17.3. The van der Waals surface area contributed by atoms with E-state index in [0.717, 1.165) is 30.5 Å². The van der Waals surface area contributed by atoms with E-state index in [9.17, 15) is 56.8 Å². The van der Waals surface area contributed by atoms with Gasteiger partial charge in [-0.15, -0.1) is 10.2 Å². The number of nitrogens with zero attached hydrogens (tertiary/aromatic N) is 6. The van der Waals surface area contributed by atoms with Crippen LogP contribution in [0.4, 0.5) is 22.0 Å². The molecule has 0 bridgehead atoms. The van der Waals surface area contributed by atoms with E-state index in [0.29, 0.717) is 57.2 Å². The zero-order chi connectivity index (χ0) is 56.2. The average Bonchev–Trinajstić information content (AvgIpc) is 4.11. The van der Waals surface area contributed by atoms with E-state index in [1.54, 1.807) is 46.9 Å². The molecule has 2 aromatic heterocycles. The first-order valence-electron chi connectivity index (χ1n) is 25.1. The second-order valence-electron chi connectivity index (χ2n) is 17.6. The maximum Gasteiger partial charge on any atom is 0.313 e. The van der Waals surface area contributed by atoms with E-state index in [2.05, 4.69) is 36.0 Å². The van der Waals surface area contributed by atoms with Crippen LogP contribution in [-0.4, -0.2) is 198 Å². The number of nitrogens with one attached hydrogen (secondary N) is 2. The number of halogens is 5. The van der Waals surface area contributed by atoms with Gasteiger partial charge in [-0.3, -0.25) is 19.1 Å². The van der Waals surface area contributed by atoms with Crippen LogP contribution in [0.3, 0.4) is 0 Å². The van der Waals surface area contributed by atoms with Crippen molar-refractivity contribution in [2.45, 2.75) is 101 Å². The number of ether oxygens (including phenoxy) is 9. The van der Waals surface area contributed by atoms with Crippen molar-refractivity contribution in [1.29, 1.82) is 0 Å². The van der Waals surface area contributed by atoms with Gasteiger partial charge in [-0.05, 0) is 18.4 Å². The molecule has 6 atom stereocenters. The topological polar surface area (TPSA) is 301 Å². The van der Waals surface area contributed by atoms with Gasteiger partial charge in [0.2, 0.25) is 46.6 Å². The van der Waals surface area contributed by atoms with E-state index in [1.165, 1.54) is 0 Å². The Kier molecular flexibility index (Phi) is 27.8. The molecule has 1 aliphatic rings. The number of rotatable bonds is 38. The first-order valence-corrected chi connectivity index (χ1v) is 25.1. The van der Waals surface area contributed by atoms with Crippen LogP contribution in [0.2, 0.25) is 0 Å². The van der Waals surface area contributed by atoms with Crippen molar-refractivity contribution in [2.24, 2.45) is 0 Å². The van der Waals surface area contributed by atoms with Crippen LogP contribution < -0.4 is 15.4 Å². The smallest absolute Gasteiger partial charge is 0.313 e. The maximum absolute atomic E-state index is 13.7. The minimum atomic E-state index is -2.37. The quantitative estimate of drug-likeness (QED) is 0.00913. The fourth-order valence-electron chi connectivity index (χ4n) is 7.52. The Hall–Kier alpha value is -5.70. The van der Waals surface area contributed by atoms with Crippen LogP contribution in [-0.2, 0) is 78.4 Å². The summed E-state index contributed by atoms with van der Waals surface area (Å²) < 4.78 is 118. The molecule has 0 aliphatic carbocycles. The standard InChI is InChI=1S/C49H67F5N8O16/c1-70-16-17-75-30-33-27-61(59-57-33)11-4-2-3-5-13-76-40-25-35(64)46(56-38(67)29-63)49(78-40)47(69)36(65)26-55-37(66)24-31-6-8-32(9-7-31)34-28-62(60-58-34)12-15-72-19-21-74-23-22-73-20-18-71-14-10-39(68)77-48-44(53)42(51)41(50)43(52)45(48)54/h6-9,27-28,35-36,40,46-47,49,63-65,69H,2-5,10-26,29-30H2,1H3,(H,55,66)(H,56,67)/t35-,36+,40+,46+,47+,49+/m0/s1. The molecule has 29 heteroatoms. The third kappa shape index (κ3) is 21.2. The lowest BCUT2D eigenvalue weighted by Gasteiger charge is -2.42. The summed E-state index contributed by atoms with van der Waals surface area (Å²) in [7, 11) is 1.60. The van der Waals surface area contributed by atoms with Crippen molar-refractivity contribution >= 4 is 17.8 Å². The van der Waals surface area contributed by atoms with Gasteiger partial charge in [0.15, 0.2) is 6.29 Å². The highest BCUT2D eigenvalue weighted by atomic mass is 19.2. The van der Waals surface area contributed by atoms with Gasteiger partial charge in [0.1, 0.15) is 30.2 Å². The number of methoxy groups -OCH3 is 1. The molecule has 24 nitrogen and oxygen atoms in total. The Balaban J connectivity index is 0.905. The van der Waals surface area contributed by atoms with Gasteiger partial charge in [0.05, 0.1) is 123 Å². The second-order valence-corrected chi connectivity index (χ2v) is 17.6. The predicted octanol–water partition coefficient (Wildman–Crippen LogP) is 1.07. The van der Waals surface area contributed by atoms with Gasteiger partial charge in [-0.25, -0.2) is 17.9 Å². The number of aromatic nitrogens is 6. The van der Waals surface area contributed by atoms with Crippen LogP contribution in [0.25, 0.3) is 11.3 Å². The van der Waals surface area contributed by atoms with Crippen LogP contribution in [0.5, 0.6) is 5.75 Å². The highest BCUT2D eigenvalue weighted by molar-refractivity contribution is 5.79. The summed E-state index contributed by atoms with van der Waals surface area (Å²) in [6, 6.07) is 5.80. The second kappa shape index (κ2) is 34.3. The molecule has 2 aromatic carbocycles. The zero-order valence-corrected chi connectivity index (χ0v) is 43.0. The van der Waals surface area contributed by atoms with Crippen molar-refractivity contribution in [3.05, 3.63) is 77.0 Å². The van der Waals surface area contributed by atoms with Gasteiger partial charge >= 0.3 is 5.97 Å². The summed E-state index contributed by atoms with van der Waals surface area (Å²) in [5.41, 5.74) is 2.69. The minimum absolute atomic E-state index is 0.0326. The molecule has 4 aromatic rings. The van der Waals surface area contributed by atoms with Crippen molar-refractivity contribution in [2.75, 3.05) is 92.9 Å². The molecule has 1 aliphatic heterocycles. The van der Waals surface area contributed by atoms with Gasteiger partial charge in [-0.1, -0.05) is 47.5 Å². The number of hydrogen-bond acceptors (Lipinski definition) is 20. The molecule has 1 fully saturated rings. The summed E-state index contributed by atoms with van der Waals surface area (Å²) in [6.07, 6.45) is -0.712. The Morgan fingerprint density at radius 1 is 0.731 bits per heavy atom. The highest BCUT2D eigenvalue weighted by Gasteiger charge is 2.45. The lowest BCUT2D eigenvalue weighted by atomic mass is 9.92. The number of esters is 1. The van der Waals surface area contributed by atoms with E-state index < -0.39 is 102 Å².